The van der Waals surface area contributed by atoms with Gasteiger partial charge < -0.3 is 9.73 Å². The number of hydrogen-bond acceptors (Lipinski definition) is 7. The fraction of sp³-hybridized carbons (Fsp3) is 0.300. The molecule has 0 amide bonds. The van der Waals surface area contributed by atoms with Gasteiger partial charge in [0, 0.05) is 40.9 Å². The first-order chi connectivity index (χ1) is 19.1. The van der Waals surface area contributed by atoms with Gasteiger partial charge >= 0.3 is 0 Å². The maximum absolute atomic E-state index is 13.6. The average Bonchev–Trinajstić information content (AvgIpc) is 3.24. The van der Waals surface area contributed by atoms with Gasteiger partial charge in [-0.3, -0.25) is 9.48 Å². The van der Waals surface area contributed by atoms with Crippen LogP contribution in [0.4, 0.5) is 5.69 Å². The normalized spacial score (nSPS) is 13.2. The first-order valence-corrected chi connectivity index (χ1v) is 15.0. The predicted molar refractivity (Wildman–Crippen MR) is 163 cm³/mol. The standard InChI is InChI=1S/C30H32ClN5O4S/c1-16-12-21(18(3)32-24-10-11-25(31)33-29(24)41(38,39)35-30(4,5)6)28-22(13-16)26(37)17(2)27(40-28)19-8-9-23-20(14-19)15-36(7)34-23/h8-15,18,32,35H,1-7H3/t18-/m1/s1. The molecule has 2 aromatic carbocycles. The molecule has 0 fully saturated rings. The molecule has 2 N–H and O–H groups in total. The molecule has 0 saturated heterocycles. The molecule has 0 saturated carbocycles. The molecule has 0 aliphatic rings. The Hall–Kier alpha value is -3.73. The van der Waals surface area contributed by atoms with Crippen LogP contribution < -0.4 is 15.5 Å². The minimum atomic E-state index is -4.01. The van der Waals surface area contributed by atoms with Gasteiger partial charge in [0.15, 0.2) is 10.5 Å². The topological polar surface area (TPSA) is 119 Å². The van der Waals surface area contributed by atoms with Crippen molar-refractivity contribution in [1.82, 2.24) is 19.5 Å². The second-order valence-electron chi connectivity index (χ2n) is 11.4. The highest BCUT2D eigenvalue weighted by Gasteiger charge is 2.28. The van der Waals surface area contributed by atoms with Crippen LogP contribution in [0.5, 0.6) is 0 Å². The van der Waals surface area contributed by atoms with Crippen LogP contribution in [-0.4, -0.2) is 28.7 Å². The number of fused-ring (bicyclic) bond motifs is 2. The van der Waals surface area contributed by atoms with Crippen molar-refractivity contribution in [2.45, 2.75) is 58.1 Å². The highest BCUT2D eigenvalue weighted by Crippen LogP contribution is 2.34. The molecular formula is C30H32ClN5O4S. The zero-order valence-electron chi connectivity index (χ0n) is 24.0. The number of rotatable bonds is 6. The highest BCUT2D eigenvalue weighted by molar-refractivity contribution is 7.89. The lowest BCUT2D eigenvalue weighted by molar-refractivity contribution is 0.490. The maximum Gasteiger partial charge on any atom is 0.260 e. The third-order valence-corrected chi connectivity index (χ3v) is 8.54. The molecule has 5 aromatic rings. The smallest absolute Gasteiger partial charge is 0.260 e. The van der Waals surface area contributed by atoms with Crippen LogP contribution in [0, 0.1) is 13.8 Å². The Kier molecular flexibility index (Phi) is 7.21. The number of nitrogens with one attached hydrogen (secondary N) is 2. The summed E-state index contributed by atoms with van der Waals surface area (Å²) < 4.78 is 37.4. The molecule has 0 bridgehead atoms. The Morgan fingerprint density at radius 3 is 2.51 bits per heavy atom. The quantitative estimate of drug-likeness (QED) is 0.223. The lowest BCUT2D eigenvalue weighted by Crippen LogP contribution is -2.41. The van der Waals surface area contributed by atoms with Gasteiger partial charge in [0.1, 0.15) is 16.5 Å². The largest absolute Gasteiger partial charge is 0.455 e. The predicted octanol–water partition coefficient (Wildman–Crippen LogP) is 6.26. The van der Waals surface area contributed by atoms with E-state index in [1.807, 2.05) is 57.4 Å². The third kappa shape index (κ3) is 5.72. The molecule has 11 heteroatoms. The van der Waals surface area contributed by atoms with Crippen molar-refractivity contribution >= 4 is 49.2 Å². The number of anilines is 1. The lowest BCUT2D eigenvalue weighted by Gasteiger charge is -2.23. The molecule has 3 heterocycles. The summed E-state index contributed by atoms with van der Waals surface area (Å²) >= 11 is 6.11. The Morgan fingerprint density at radius 2 is 1.80 bits per heavy atom. The van der Waals surface area contributed by atoms with Gasteiger partial charge in [-0.15, -0.1) is 0 Å². The molecule has 0 unspecified atom stereocenters. The fourth-order valence-electron chi connectivity index (χ4n) is 4.95. The number of benzene rings is 2. The van der Waals surface area contributed by atoms with Crippen molar-refractivity contribution in [3.63, 3.8) is 0 Å². The summed E-state index contributed by atoms with van der Waals surface area (Å²) in [5.74, 6) is 0.469. The van der Waals surface area contributed by atoms with E-state index in [0.29, 0.717) is 27.9 Å². The number of sulfonamides is 1. The van der Waals surface area contributed by atoms with Crippen LogP contribution >= 0.6 is 11.6 Å². The van der Waals surface area contributed by atoms with Crippen LogP contribution in [0.1, 0.15) is 50.4 Å². The number of nitrogens with zero attached hydrogens (tertiary/aromatic N) is 3. The van der Waals surface area contributed by atoms with E-state index in [2.05, 4.69) is 20.1 Å². The maximum atomic E-state index is 13.6. The first kappa shape index (κ1) is 28.8. The molecule has 214 valence electrons. The molecule has 5 rings (SSSR count). The summed E-state index contributed by atoms with van der Waals surface area (Å²) in [4.78, 5) is 17.8. The van der Waals surface area contributed by atoms with Crippen molar-refractivity contribution in [3.05, 3.63) is 80.7 Å². The Morgan fingerprint density at radius 1 is 1.07 bits per heavy atom. The summed E-state index contributed by atoms with van der Waals surface area (Å²) in [6.45, 7) is 10.8. The molecule has 1 atom stereocenters. The molecule has 0 aliphatic carbocycles. The van der Waals surface area contributed by atoms with E-state index in [0.717, 1.165) is 22.0 Å². The molecule has 0 aliphatic heterocycles. The van der Waals surface area contributed by atoms with Crippen molar-refractivity contribution in [3.8, 4) is 11.3 Å². The number of pyridine rings is 1. The van der Waals surface area contributed by atoms with Crippen molar-refractivity contribution < 1.29 is 12.8 Å². The molecule has 0 radical (unpaired) electrons. The summed E-state index contributed by atoms with van der Waals surface area (Å²) in [5, 5.41) is 8.92. The summed E-state index contributed by atoms with van der Waals surface area (Å²) in [6, 6.07) is 12.1. The highest BCUT2D eigenvalue weighted by atomic mass is 35.5. The van der Waals surface area contributed by atoms with Crippen LogP contribution in [-0.2, 0) is 17.1 Å². The third-order valence-electron chi connectivity index (χ3n) is 6.63. The number of aryl methyl sites for hydroxylation is 2. The van der Waals surface area contributed by atoms with Gasteiger partial charge in [-0.25, -0.2) is 18.1 Å². The number of hydrogen-bond donors (Lipinski definition) is 2. The molecule has 9 nitrogen and oxygen atoms in total. The van der Waals surface area contributed by atoms with Crippen LogP contribution in [0.25, 0.3) is 33.2 Å². The summed E-state index contributed by atoms with van der Waals surface area (Å²) in [7, 11) is -2.15. The second kappa shape index (κ2) is 10.3. The van der Waals surface area contributed by atoms with E-state index >= 15 is 0 Å². The SMILES string of the molecule is Cc1cc([C@@H](C)Nc2ccc(Cl)nc2S(=O)(=O)NC(C)(C)C)c2oc(-c3ccc4nn(C)cc4c3)c(C)c(=O)c2c1. The molecule has 3 aromatic heterocycles. The van der Waals surface area contributed by atoms with Crippen LogP contribution in [0.15, 0.2) is 62.9 Å². The van der Waals surface area contributed by atoms with Gasteiger partial charge in [-0.1, -0.05) is 17.7 Å². The number of halogens is 1. The monoisotopic (exact) mass is 593 g/mol. The average molecular weight is 594 g/mol. The van der Waals surface area contributed by atoms with Crippen molar-refractivity contribution in [2.24, 2.45) is 7.05 Å². The Labute approximate surface area is 243 Å². The molecule has 0 spiro atoms. The van der Waals surface area contributed by atoms with E-state index in [1.165, 1.54) is 6.07 Å². The summed E-state index contributed by atoms with van der Waals surface area (Å²) in [5.41, 5.74) is 3.51. The van der Waals surface area contributed by atoms with Crippen LogP contribution in [0.3, 0.4) is 0 Å². The van der Waals surface area contributed by atoms with Gasteiger partial charge in [0.05, 0.1) is 22.6 Å². The minimum Gasteiger partial charge on any atom is -0.455 e. The second-order valence-corrected chi connectivity index (χ2v) is 13.4. The van der Waals surface area contributed by atoms with Crippen molar-refractivity contribution in [1.29, 1.82) is 0 Å². The van der Waals surface area contributed by atoms with E-state index in [4.69, 9.17) is 16.0 Å². The van der Waals surface area contributed by atoms with Crippen LogP contribution in [0.2, 0.25) is 5.15 Å². The van der Waals surface area contributed by atoms with Gasteiger partial charge in [0.2, 0.25) is 0 Å². The van der Waals surface area contributed by atoms with E-state index < -0.39 is 21.6 Å². The Balaban J connectivity index is 1.64. The first-order valence-electron chi connectivity index (χ1n) is 13.1. The van der Waals surface area contributed by atoms with Gasteiger partial charge in [0.25, 0.3) is 10.0 Å². The minimum absolute atomic E-state index is 0.0511. The molecular weight excluding hydrogens is 562 g/mol. The van der Waals surface area contributed by atoms with Gasteiger partial charge in [-0.05, 0) is 83.5 Å². The fourth-order valence-corrected chi connectivity index (χ4v) is 6.69. The lowest BCUT2D eigenvalue weighted by atomic mass is 9.98. The van der Waals surface area contributed by atoms with E-state index in [-0.39, 0.29) is 21.3 Å². The summed E-state index contributed by atoms with van der Waals surface area (Å²) in [6.07, 6.45) is 1.91. The Bertz CT molecular complexity index is 1990. The van der Waals surface area contributed by atoms with E-state index in [1.54, 1.807) is 38.4 Å². The number of aromatic nitrogens is 3. The molecule has 41 heavy (non-hydrogen) atoms. The zero-order valence-corrected chi connectivity index (χ0v) is 25.5. The van der Waals surface area contributed by atoms with Crippen molar-refractivity contribution in [2.75, 3.05) is 5.32 Å². The van der Waals surface area contributed by atoms with E-state index in [9.17, 15) is 13.2 Å². The van der Waals surface area contributed by atoms with Gasteiger partial charge in [-0.2, -0.15) is 5.10 Å². The zero-order chi connectivity index (χ0) is 29.9.